The SMILES string of the molecule is CCCCCC=CCC=CCCCCCCCCC(CCCCCCCCC=CCC=CCCCCC)OC(=O)N(C)CCCN(C)C. The van der Waals surface area contributed by atoms with E-state index in [9.17, 15) is 4.79 Å². The number of hydrogen-bond acceptors (Lipinski definition) is 3. The van der Waals surface area contributed by atoms with Crippen LogP contribution in [0.5, 0.6) is 0 Å². The molecule has 0 spiro atoms. The summed E-state index contributed by atoms with van der Waals surface area (Å²) < 4.78 is 6.07. The molecule has 4 nitrogen and oxygen atoms in total. The molecule has 0 aliphatic rings. The van der Waals surface area contributed by atoms with Gasteiger partial charge in [0.1, 0.15) is 6.10 Å². The molecule has 0 saturated carbocycles. The highest BCUT2D eigenvalue weighted by molar-refractivity contribution is 5.67. The maximum atomic E-state index is 12.8. The van der Waals surface area contributed by atoms with Gasteiger partial charge in [0, 0.05) is 13.6 Å². The average molecular weight is 671 g/mol. The van der Waals surface area contributed by atoms with Crippen molar-refractivity contribution in [3.8, 4) is 0 Å². The van der Waals surface area contributed by atoms with Crippen molar-refractivity contribution < 1.29 is 9.53 Å². The predicted molar refractivity (Wildman–Crippen MR) is 214 cm³/mol. The quantitative estimate of drug-likeness (QED) is 0.0497. The zero-order chi connectivity index (χ0) is 35.2. The molecule has 0 rings (SSSR count). The predicted octanol–water partition coefficient (Wildman–Crippen LogP) is 13.8. The van der Waals surface area contributed by atoms with Gasteiger partial charge in [0.05, 0.1) is 0 Å². The Bertz CT molecular complexity index is 737. The van der Waals surface area contributed by atoms with Crippen LogP contribution in [0.3, 0.4) is 0 Å². The van der Waals surface area contributed by atoms with Gasteiger partial charge in [-0.05, 0) is 117 Å². The van der Waals surface area contributed by atoms with E-state index in [1.807, 2.05) is 7.05 Å². The van der Waals surface area contributed by atoms with Gasteiger partial charge in [0.15, 0.2) is 0 Å². The van der Waals surface area contributed by atoms with Crippen molar-refractivity contribution in [3.63, 3.8) is 0 Å². The molecule has 0 N–H and O–H groups in total. The zero-order valence-corrected chi connectivity index (χ0v) is 32.9. The van der Waals surface area contributed by atoms with Gasteiger partial charge >= 0.3 is 6.09 Å². The van der Waals surface area contributed by atoms with E-state index < -0.39 is 0 Å². The van der Waals surface area contributed by atoms with Crippen molar-refractivity contribution in [2.75, 3.05) is 34.2 Å². The van der Waals surface area contributed by atoms with E-state index in [1.165, 1.54) is 128 Å². The van der Waals surface area contributed by atoms with Gasteiger partial charge in [-0.15, -0.1) is 0 Å². The number of allylic oxidation sites excluding steroid dienone is 8. The lowest BCUT2D eigenvalue weighted by molar-refractivity contribution is 0.0577. The summed E-state index contributed by atoms with van der Waals surface area (Å²) in [6, 6.07) is 0. The van der Waals surface area contributed by atoms with E-state index in [0.717, 1.165) is 58.0 Å². The Morgan fingerprint density at radius 1 is 0.479 bits per heavy atom. The first kappa shape index (κ1) is 46.2. The first-order valence-corrected chi connectivity index (χ1v) is 20.7. The highest BCUT2D eigenvalue weighted by atomic mass is 16.6. The highest BCUT2D eigenvalue weighted by Crippen LogP contribution is 2.18. The average Bonchev–Trinajstić information content (AvgIpc) is 3.07. The Kier molecular flexibility index (Phi) is 36.6. The Balaban J connectivity index is 4.17. The number of unbranched alkanes of at least 4 members (excludes halogenated alkanes) is 18. The molecular formula is C44H82N2O2. The van der Waals surface area contributed by atoms with Crippen molar-refractivity contribution in [3.05, 3.63) is 48.6 Å². The molecule has 0 radical (unpaired) electrons. The van der Waals surface area contributed by atoms with Crippen LogP contribution in [0, 0.1) is 0 Å². The third kappa shape index (κ3) is 35.5. The van der Waals surface area contributed by atoms with Crippen molar-refractivity contribution >= 4 is 6.09 Å². The number of carbonyl (C=O) groups is 1. The second-order valence-electron chi connectivity index (χ2n) is 14.3. The second-order valence-corrected chi connectivity index (χ2v) is 14.3. The summed E-state index contributed by atoms with van der Waals surface area (Å²) in [4.78, 5) is 16.8. The molecule has 0 bridgehead atoms. The number of amides is 1. The van der Waals surface area contributed by atoms with Crippen LogP contribution in [0.15, 0.2) is 48.6 Å². The highest BCUT2D eigenvalue weighted by Gasteiger charge is 2.17. The van der Waals surface area contributed by atoms with Gasteiger partial charge < -0.3 is 14.5 Å². The number of carbonyl (C=O) groups excluding carboxylic acids is 1. The van der Waals surface area contributed by atoms with Gasteiger partial charge in [-0.3, -0.25) is 0 Å². The standard InChI is InChI=1S/C44H82N2O2/c1-6-8-10-12-14-16-18-20-22-24-26-28-30-32-34-36-39-43(48-44(47)46(5)42-38-41-45(3)4)40-37-35-33-31-29-27-25-23-21-19-17-15-13-11-9-7-2/h14-17,20-23,43H,6-13,18-19,24-42H2,1-5H3. The molecule has 0 aromatic carbocycles. The van der Waals surface area contributed by atoms with Crippen molar-refractivity contribution in [2.45, 2.75) is 193 Å². The molecule has 0 heterocycles. The summed E-state index contributed by atoms with van der Waals surface area (Å²) in [5.41, 5.74) is 0. The summed E-state index contributed by atoms with van der Waals surface area (Å²) >= 11 is 0. The maximum absolute atomic E-state index is 12.8. The maximum Gasteiger partial charge on any atom is 0.409 e. The van der Waals surface area contributed by atoms with Crippen molar-refractivity contribution in [1.82, 2.24) is 9.80 Å². The van der Waals surface area contributed by atoms with E-state index in [2.05, 4.69) is 81.5 Å². The topological polar surface area (TPSA) is 32.8 Å². The summed E-state index contributed by atoms with van der Waals surface area (Å²) in [6.07, 6.45) is 51.9. The molecule has 0 aliphatic heterocycles. The van der Waals surface area contributed by atoms with E-state index in [4.69, 9.17) is 4.74 Å². The molecule has 1 amide bonds. The summed E-state index contributed by atoms with van der Waals surface area (Å²) in [5, 5.41) is 0. The van der Waals surface area contributed by atoms with Gasteiger partial charge in [0.25, 0.3) is 0 Å². The lowest BCUT2D eigenvalue weighted by Crippen LogP contribution is -2.33. The van der Waals surface area contributed by atoms with Crippen LogP contribution in [0.1, 0.15) is 187 Å². The smallest absolute Gasteiger partial charge is 0.409 e. The molecule has 0 aromatic rings. The normalized spacial score (nSPS) is 12.9. The van der Waals surface area contributed by atoms with E-state index in [0.29, 0.717) is 0 Å². The molecule has 0 aliphatic carbocycles. The van der Waals surface area contributed by atoms with Crippen molar-refractivity contribution in [1.29, 1.82) is 0 Å². The fraction of sp³-hybridized carbons (Fsp3) is 0.795. The van der Waals surface area contributed by atoms with Crippen LogP contribution in [0.2, 0.25) is 0 Å². The fourth-order valence-electron chi connectivity index (χ4n) is 5.93. The number of ether oxygens (including phenoxy) is 1. The third-order valence-corrected chi connectivity index (χ3v) is 9.13. The molecule has 0 fully saturated rings. The van der Waals surface area contributed by atoms with Crippen LogP contribution < -0.4 is 0 Å². The first-order valence-electron chi connectivity index (χ1n) is 20.7. The summed E-state index contributed by atoms with van der Waals surface area (Å²) in [6.45, 7) is 6.26. The van der Waals surface area contributed by atoms with E-state index in [-0.39, 0.29) is 12.2 Å². The second kappa shape index (κ2) is 38.0. The van der Waals surface area contributed by atoms with Crippen LogP contribution >= 0.6 is 0 Å². The minimum Gasteiger partial charge on any atom is -0.446 e. The lowest BCUT2D eigenvalue weighted by atomic mass is 10.0. The van der Waals surface area contributed by atoms with E-state index >= 15 is 0 Å². The van der Waals surface area contributed by atoms with Crippen molar-refractivity contribution in [2.24, 2.45) is 0 Å². The van der Waals surface area contributed by atoms with Gasteiger partial charge in [0.2, 0.25) is 0 Å². The molecule has 0 unspecified atom stereocenters. The molecule has 4 heteroatoms. The summed E-state index contributed by atoms with van der Waals surface area (Å²) in [7, 11) is 6.04. The first-order chi connectivity index (χ1) is 23.5. The van der Waals surface area contributed by atoms with Gasteiger partial charge in [-0.25, -0.2) is 4.79 Å². The van der Waals surface area contributed by atoms with Crippen LogP contribution in [0.4, 0.5) is 4.79 Å². The largest absolute Gasteiger partial charge is 0.446 e. The molecule has 280 valence electrons. The molecule has 0 aromatic heterocycles. The van der Waals surface area contributed by atoms with Crippen LogP contribution in [-0.4, -0.2) is 56.2 Å². The Hall–Kier alpha value is -1.81. The third-order valence-electron chi connectivity index (χ3n) is 9.13. The molecule has 0 atom stereocenters. The molecular weight excluding hydrogens is 588 g/mol. The van der Waals surface area contributed by atoms with Crippen LogP contribution in [-0.2, 0) is 4.74 Å². The number of hydrogen-bond donors (Lipinski definition) is 0. The molecule has 48 heavy (non-hydrogen) atoms. The summed E-state index contributed by atoms with van der Waals surface area (Å²) in [5.74, 6) is 0. The van der Waals surface area contributed by atoms with Gasteiger partial charge in [-0.2, -0.15) is 0 Å². The minimum atomic E-state index is -0.140. The Morgan fingerprint density at radius 2 is 0.854 bits per heavy atom. The molecule has 0 saturated heterocycles. The van der Waals surface area contributed by atoms with Gasteiger partial charge in [-0.1, -0.05) is 140 Å². The number of rotatable bonds is 35. The zero-order valence-electron chi connectivity index (χ0n) is 32.9. The number of nitrogens with zero attached hydrogens (tertiary/aromatic N) is 2. The fourth-order valence-corrected chi connectivity index (χ4v) is 5.93. The Labute approximate surface area is 300 Å². The minimum absolute atomic E-state index is 0.0606. The monoisotopic (exact) mass is 671 g/mol. The van der Waals surface area contributed by atoms with Crippen LogP contribution in [0.25, 0.3) is 0 Å². The Morgan fingerprint density at radius 3 is 1.25 bits per heavy atom. The lowest BCUT2D eigenvalue weighted by Gasteiger charge is -2.23. The van der Waals surface area contributed by atoms with E-state index in [1.54, 1.807) is 4.90 Å².